The van der Waals surface area contributed by atoms with Gasteiger partial charge < -0.3 is 9.80 Å². The fourth-order valence-electron chi connectivity index (χ4n) is 2.39. The summed E-state index contributed by atoms with van der Waals surface area (Å²) >= 11 is 0. The number of amides is 2. The van der Waals surface area contributed by atoms with E-state index < -0.39 is 0 Å². The Labute approximate surface area is 110 Å². The maximum absolute atomic E-state index is 12.3. The van der Waals surface area contributed by atoms with Crippen LogP contribution in [0.2, 0.25) is 0 Å². The molecular weight excluding hydrogens is 228 g/mol. The van der Waals surface area contributed by atoms with Crippen LogP contribution in [0.3, 0.4) is 0 Å². The molecule has 1 heterocycles. The van der Waals surface area contributed by atoms with Crippen LogP contribution in [0, 0.1) is 5.92 Å². The number of rotatable bonds is 7. The first-order valence-corrected chi connectivity index (χ1v) is 7.12. The number of carbonyl (C=O) groups is 2. The highest BCUT2D eigenvalue weighted by molar-refractivity contribution is 5.88. The molecule has 0 radical (unpaired) electrons. The van der Waals surface area contributed by atoms with Crippen LogP contribution in [0.25, 0.3) is 0 Å². The number of hydrogen-bond acceptors (Lipinski definition) is 2. The Morgan fingerprint density at radius 2 is 2.00 bits per heavy atom. The first kappa shape index (κ1) is 15.0. The molecule has 1 saturated heterocycles. The molecule has 0 saturated carbocycles. The van der Waals surface area contributed by atoms with Crippen LogP contribution in [0.5, 0.6) is 0 Å². The van der Waals surface area contributed by atoms with Crippen molar-refractivity contribution in [2.45, 2.75) is 52.4 Å². The number of nitrogens with zero attached hydrogens (tertiary/aromatic N) is 2. The van der Waals surface area contributed by atoms with Crippen molar-refractivity contribution in [3.05, 3.63) is 0 Å². The predicted molar refractivity (Wildman–Crippen MR) is 71.9 cm³/mol. The summed E-state index contributed by atoms with van der Waals surface area (Å²) in [5, 5.41) is 0. The minimum Gasteiger partial charge on any atom is -0.326 e. The largest absolute Gasteiger partial charge is 0.326 e. The van der Waals surface area contributed by atoms with Crippen LogP contribution in [-0.4, -0.2) is 41.9 Å². The molecule has 0 aromatic rings. The molecule has 0 aromatic carbocycles. The molecule has 0 bridgehead atoms. The van der Waals surface area contributed by atoms with Gasteiger partial charge in [0.25, 0.3) is 0 Å². The van der Waals surface area contributed by atoms with E-state index in [2.05, 4.69) is 13.8 Å². The van der Waals surface area contributed by atoms with E-state index in [1.54, 1.807) is 16.8 Å². The first-order valence-electron chi connectivity index (χ1n) is 7.12. The van der Waals surface area contributed by atoms with Crippen LogP contribution < -0.4 is 0 Å². The molecule has 0 N–H and O–H groups in total. The highest BCUT2D eigenvalue weighted by Gasteiger charge is 2.31. The van der Waals surface area contributed by atoms with Gasteiger partial charge in [-0.15, -0.1) is 0 Å². The van der Waals surface area contributed by atoms with E-state index >= 15 is 0 Å². The van der Waals surface area contributed by atoms with Crippen molar-refractivity contribution >= 4 is 11.8 Å². The molecular formula is C14H26N2O2. The highest BCUT2D eigenvalue weighted by Crippen LogP contribution is 2.19. The molecule has 0 spiro atoms. The number of unbranched alkanes of at least 4 members (excludes halogenated alkanes) is 3. The molecule has 1 fully saturated rings. The molecule has 0 unspecified atom stereocenters. The highest BCUT2D eigenvalue weighted by atomic mass is 16.2. The lowest BCUT2D eigenvalue weighted by Gasteiger charge is -2.21. The number of likely N-dealkylation sites (N-methyl/N-ethyl adjacent to an activating group) is 1. The van der Waals surface area contributed by atoms with Gasteiger partial charge in [0.2, 0.25) is 11.8 Å². The molecule has 1 rings (SSSR count). The lowest BCUT2D eigenvalue weighted by molar-refractivity contribution is -0.136. The zero-order valence-electron chi connectivity index (χ0n) is 11.9. The van der Waals surface area contributed by atoms with E-state index in [9.17, 15) is 9.59 Å². The first-order chi connectivity index (χ1) is 8.60. The Balaban J connectivity index is 2.40. The molecule has 1 aliphatic rings. The number of hydrogen-bond donors (Lipinski definition) is 0. The second-order valence-electron chi connectivity index (χ2n) is 5.22. The van der Waals surface area contributed by atoms with Crippen molar-refractivity contribution in [3.8, 4) is 0 Å². The Kier molecular flexibility index (Phi) is 6.16. The molecule has 104 valence electrons. The lowest BCUT2D eigenvalue weighted by atomic mass is 9.97. The molecule has 4 heteroatoms. The molecule has 4 nitrogen and oxygen atoms in total. The van der Waals surface area contributed by atoms with Crippen LogP contribution >= 0.6 is 0 Å². The van der Waals surface area contributed by atoms with E-state index in [1.807, 2.05) is 0 Å². The normalized spacial score (nSPS) is 17.4. The zero-order chi connectivity index (χ0) is 13.5. The van der Waals surface area contributed by atoms with Gasteiger partial charge in [-0.05, 0) is 12.8 Å². The molecule has 1 atom stereocenters. The number of carbonyl (C=O) groups excluding carboxylic acids is 2. The third-order valence-electron chi connectivity index (χ3n) is 3.69. The van der Waals surface area contributed by atoms with E-state index in [-0.39, 0.29) is 24.3 Å². The summed E-state index contributed by atoms with van der Waals surface area (Å²) in [7, 11) is 1.75. The monoisotopic (exact) mass is 254 g/mol. The molecule has 0 aliphatic carbocycles. The maximum Gasteiger partial charge on any atom is 0.243 e. The van der Waals surface area contributed by atoms with Crippen molar-refractivity contribution in [3.63, 3.8) is 0 Å². The quantitative estimate of drug-likeness (QED) is 0.654. The Bertz CT molecular complexity index is 292. The van der Waals surface area contributed by atoms with Gasteiger partial charge in [-0.3, -0.25) is 9.59 Å². The summed E-state index contributed by atoms with van der Waals surface area (Å²) in [6.45, 7) is 4.97. The summed E-state index contributed by atoms with van der Waals surface area (Å²) < 4.78 is 0. The van der Waals surface area contributed by atoms with Crippen LogP contribution in [0.15, 0.2) is 0 Å². The average Bonchev–Trinajstić information content (AvgIpc) is 2.69. The summed E-state index contributed by atoms with van der Waals surface area (Å²) in [6.07, 6.45) is 6.63. The van der Waals surface area contributed by atoms with E-state index in [4.69, 9.17) is 0 Å². The fourth-order valence-corrected chi connectivity index (χ4v) is 2.39. The average molecular weight is 254 g/mol. The zero-order valence-corrected chi connectivity index (χ0v) is 11.9. The Hall–Kier alpha value is -1.06. The van der Waals surface area contributed by atoms with Gasteiger partial charge in [0.1, 0.15) is 6.54 Å². The van der Waals surface area contributed by atoms with Gasteiger partial charge in [-0.1, -0.05) is 39.5 Å². The van der Waals surface area contributed by atoms with Gasteiger partial charge in [0, 0.05) is 13.0 Å². The standard InChI is InChI=1S/C14H26N2O2/c1-4-6-7-8-9-12(5-2)14(18)16-10-13(17)15(3)11-16/h12H,4-11H2,1-3H3/t12-/m1/s1. The fraction of sp³-hybridized carbons (Fsp3) is 0.857. The third kappa shape index (κ3) is 4.00. The lowest BCUT2D eigenvalue weighted by Crippen LogP contribution is -2.35. The van der Waals surface area contributed by atoms with Crippen LogP contribution in [0.1, 0.15) is 52.4 Å². The topological polar surface area (TPSA) is 40.6 Å². The molecule has 1 aliphatic heterocycles. The predicted octanol–water partition coefficient (Wildman–Crippen LogP) is 2.24. The summed E-state index contributed by atoms with van der Waals surface area (Å²) in [5.41, 5.74) is 0. The molecule has 0 aromatic heterocycles. The summed E-state index contributed by atoms with van der Waals surface area (Å²) in [5.74, 6) is 0.303. The van der Waals surface area contributed by atoms with Crippen molar-refractivity contribution in [2.24, 2.45) is 5.92 Å². The van der Waals surface area contributed by atoms with Crippen molar-refractivity contribution < 1.29 is 9.59 Å². The van der Waals surface area contributed by atoms with Gasteiger partial charge >= 0.3 is 0 Å². The van der Waals surface area contributed by atoms with E-state index in [1.165, 1.54) is 19.3 Å². The minimum atomic E-state index is 0.0455. The van der Waals surface area contributed by atoms with Gasteiger partial charge in [0.05, 0.1) is 6.67 Å². The van der Waals surface area contributed by atoms with Gasteiger partial charge in [-0.25, -0.2) is 0 Å². The Morgan fingerprint density at radius 3 is 2.50 bits per heavy atom. The van der Waals surface area contributed by atoms with Crippen molar-refractivity contribution in [1.82, 2.24) is 9.80 Å². The molecule has 18 heavy (non-hydrogen) atoms. The third-order valence-corrected chi connectivity index (χ3v) is 3.69. The second-order valence-corrected chi connectivity index (χ2v) is 5.22. The van der Waals surface area contributed by atoms with E-state index in [0.717, 1.165) is 19.3 Å². The minimum absolute atomic E-state index is 0.0455. The van der Waals surface area contributed by atoms with Crippen molar-refractivity contribution in [2.75, 3.05) is 20.3 Å². The smallest absolute Gasteiger partial charge is 0.243 e. The van der Waals surface area contributed by atoms with Gasteiger partial charge in [0.15, 0.2) is 0 Å². The van der Waals surface area contributed by atoms with Crippen LogP contribution in [-0.2, 0) is 9.59 Å². The second kappa shape index (κ2) is 7.39. The summed E-state index contributed by atoms with van der Waals surface area (Å²) in [6, 6.07) is 0. The SMILES string of the molecule is CCCCCC[C@@H](CC)C(=O)N1CC(=O)N(C)C1. The summed E-state index contributed by atoms with van der Waals surface area (Å²) in [4.78, 5) is 27.0. The van der Waals surface area contributed by atoms with Crippen LogP contribution in [0.4, 0.5) is 0 Å². The maximum atomic E-state index is 12.3. The molecule has 2 amide bonds. The van der Waals surface area contributed by atoms with Crippen molar-refractivity contribution in [1.29, 1.82) is 0 Å². The van der Waals surface area contributed by atoms with E-state index in [0.29, 0.717) is 6.67 Å². The Morgan fingerprint density at radius 1 is 1.28 bits per heavy atom. The van der Waals surface area contributed by atoms with Gasteiger partial charge in [-0.2, -0.15) is 0 Å².